The fourth-order valence-corrected chi connectivity index (χ4v) is 4.65. The predicted molar refractivity (Wildman–Crippen MR) is 130 cm³/mol. The number of amides is 1. The fourth-order valence-electron chi connectivity index (χ4n) is 3.43. The summed E-state index contributed by atoms with van der Waals surface area (Å²) in [6.07, 6.45) is 0.576. The summed E-state index contributed by atoms with van der Waals surface area (Å²) in [6.45, 7) is 0.438. The summed E-state index contributed by atoms with van der Waals surface area (Å²) in [5.41, 5.74) is 3.00. The number of aliphatic imine (C=N–C) groups is 1. The van der Waals surface area contributed by atoms with Gasteiger partial charge in [0.1, 0.15) is 22.1 Å². The van der Waals surface area contributed by atoms with Gasteiger partial charge < -0.3 is 15.2 Å². The maximum Gasteiger partial charge on any atom is 0.261 e. The molecule has 6 heteroatoms. The summed E-state index contributed by atoms with van der Waals surface area (Å²) < 4.78 is 5.22. The molecule has 1 aliphatic heterocycles. The topological polar surface area (TPSA) is 70.9 Å². The summed E-state index contributed by atoms with van der Waals surface area (Å²) in [5, 5.41) is 14.2. The normalized spacial score (nSPS) is 16.9. The van der Waals surface area contributed by atoms with Crippen LogP contribution >= 0.6 is 11.8 Å². The van der Waals surface area contributed by atoms with Crippen LogP contribution < -0.4 is 10.1 Å². The van der Waals surface area contributed by atoms with Gasteiger partial charge in [0.15, 0.2) is 0 Å². The zero-order valence-corrected chi connectivity index (χ0v) is 18.5. The number of para-hydroxylation sites is 1. The fraction of sp³-hybridized carbons (Fsp3) is 0.154. The summed E-state index contributed by atoms with van der Waals surface area (Å²) in [6, 6.07) is 26.8. The highest BCUT2D eigenvalue weighted by Crippen LogP contribution is 2.37. The van der Waals surface area contributed by atoms with Gasteiger partial charge in [0.2, 0.25) is 0 Å². The molecule has 1 heterocycles. The minimum Gasteiger partial charge on any atom is -0.510 e. The van der Waals surface area contributed by atoms with Crippen molar-refractivity contribution < 1.29 is 14.6 Å². The van der Waals surface area contributed by atoms with E-state index in [1.54, 1.807) is 7.11 Å². The third kappa shape index (κ3) is 5.21. The third-order valence-corrected chi connectivity index (χ3v) is 6.35. The number of anilines is 1. The lowest BCUT2D eigenvalue weighted by atomic mass is 10.1. The van der Waals surface area contributed by atoms with Crippen molar-refractivity contribution in [3.05, 3.63) is 107 Å². The molecule has 32 heavy (non-hydrogen) atoms. The standard InChI is InChI=1S/C26H24N2O3S/c1-31-21-14-12-18(13-15-21)16-22-24(29)23(25(30)28-20-10-6-3-7-11-20)26(32-22)27-17-19-8-4-2-5-9-19/h2-15,22,29H,16-17H2,1H3,(H,28,30). The zero-order valence-electron chi connectivity index (χ0n) is 17.7. The monoisotopic (exact) mass is 444 g/mol. The molecule has 0 saturated heterocycles. The van der Waals surface area contributed by atoms with Crippen molar-refractivity contribution in [2.75, 3.05) is 12.4 Å². The Bertz CT molecular complexity index is 1130. The highest BCUT2D eigenvalue weighted by Gasteiger charge is 2.35. The molecule has 0 bridgehead atoms. The first-order valence-corrected chi connectivity index (χ1v) is 11.2. The van der Waals surface area contributed by atoms with Crippen LogP contribution in [0.3, 0.4) is 0 Å². The van der Waals surface area contributed by atoms with E-state index in [9.17, 15) is 9.90 Å². The molecule has 0 fully saturated rings. The first-order valence-electron chi connectivity index (χ1n) is 10.3. The van der Waals surface area contributed by atoms with Crippen LogP contribution in [-0.4, -0.2) is 28.4 Å². The molecule has 2 N–H and O–H groups in total. The largest absolute Gasteiger partial charge is 0.510 e. The third-order valence-electron chi connectivity index (χ3n) is 5.12. The number of benzene rings is 3. The van der Waals surface area contributed by atoms with E-state index in [0.717, 1.165) is 16.9 Å². The van der Waals surface area contributed by atoms with Gasteiger partial charge in [0.25, 0.3) is 5.91 Å². The quantitative estimate of drug-likeness (QED) is 0.512. The minimum atomic E-state index is -0.356. The summed E-state index contributed by atoms with van der Waals surface area (Å²) >= 11 is 1.42. The number of nitrogens with zero attached hydrogens (tertiary/aromatic N) is 1. The molecule has 0 aliphatic carbocycles. The molecule has 1 unspecified atom stereocenters. The second-order valence-corrected chi connectivity index (χ2v) is 8.54. The zero-order chi connectivity index (χ0) is 22.3. The first kappa shape index (κ1) is 21.7. The number of ether oxygens (including phenoxy) is 1. The van der Waals surface area contributed by atoms with Crippen molar-refractivity contribution in [2.24, 2.45) is 4.99 Å². The lowest BCUT2D eigenvalue weighted by Crippen LogP contribution is -2.19. The Balaban J connectivity index is 1.59. The van der Waals surface area contributed by atoms with Crippen molar-refractivity contribution in [3.63, 3.8) is 0 Å². The van der Waals surface area contributed by atoms with E-state index in [0.29, 0.717) is 23.7 Å². The number of rotatable bonds is 7. The number of aliphatic hydroxyl groups excluding tert-OH is 1. The van der Waals surface area contributed by atoms with Gasteiger partial charge in [-0.3, -0.25) is 9.79 Å². The van der Waals surface area contributed by atoms with E-state index >= 15 is 0 Å². The summed E-state index contributed by atoms with van der Waals surface area (Å²) in [4.78, 5) is 17.8. The highest BCUT2D eigenvalue weighted by atomic mass is 32.2. The Morgan fingerprint density at radius 1 is 0.969 bits per heavy atom. The van der Waals surface area contributed by atoms with Crippen LogP contribution in [0.1, 0.15) is 11.1 Å². The smallest absolute Gasteiger partial charge is 0.261 e. The Hall–Kier alpha value is -3.51. The van der Waals surface area contributed by atoms with Crippen LogP contribution in [0.15, 0.2) is 101 Å². The van der Waals surface area contributed by atoms with Gasteiger partial charge in [0, 0.05) is 5.69 Å². The van der Waals surface area contributed by atoms with Crippen molar-refractivity contribution in [1.29, 1.82) is 0 Å². The first-order chi connectivity index (χ1) is 15.6. The van der Waals surface area contributed by atoms with E-state index in [1.165, 1.54) is 11.8 Å². The Morgan fingerprint density at radius 3 is 2.28 bits per heavy atom. The lowest BCUT2D eigenvalue weighted by molar-refractivity contribution is -0.112. The van der Waals surface area contributed by atoms with Crippen molar-refractivity contribution >= 4 is 28.4 Å². The molecule has 3 aromatic rings. The molecule has 162 valence electrons. The molecule has 0 radical (unpaired) electrons. The maximum atomic E-state index is 13.1. The lowest BCUT2D eigenvalue weighted by Gasteiger charge is -2.10. The molecule has 4 rings (SSSR count). The molecule has 0 saturated carbocycles. The summed E-state index contributed by atoms with van der Waals surface area (Å²) in [5.74, 6) is 0.483. The van der Waals surface area contributed by atoms with Crippen LogP contribution in [0.4, 0.5) is 5.69 Å². The number of carbonyl (C=O) groups is 1. The molecule has 3 aromatic carbocycles. The van der Waals surface area contributed by atoms with Crippen molar-refractivity contribution in [1.82, 2.24) is 0 Å². The molecule has 1 aliphatic rings. The number of nitrogens with one attached hydrogen (secondary N) is 1. The molecule has 1 amide bonds. The SMILES string of the molecule is COc1ccc(CC2SC(=NCc3ccccc3)C(C(=O)Nc3ccccc3)=C2O)cc1. The van der Waals surface area contributed by atoms with Crippen molar-refractivity contribution in [3.8, 4) is 5.75 Å². The van der Waals surface area contributed by atoms with Gasteiger partial charge in [-0.15, -0.1) is 0 Å². The van der Waals surface area contributed by atoms with Gasteiger partial charge >= 0.3 is 0 Å². The maximum absolute atomic E-state index is 13.1. The van der Waals surface area contributed by atoms with Crippen LogP contribution in [0, 0.1) is 0 Å². The molecule has 1 atom stereocenters. The van der Waals surface area contributed by atoms with E-state index in [2.05, 4.69) is 10.3 Å². The Labute approximate surface area is 191 Å². The van der Waals surface area contributed by atoms with Gasteiger partial charge in [-0.05, 0) is 41.8 Å². The molecular formula is C26H24N2O3S. The number of carbonyl (C=O) groups excluding carboxylic acids is 1. The van der Waals surface area contributed by atoms with Crippen LogP contribution in [0.25, 0.3) is 0 Å². The van der Waals surface area contributed by atoms with Gasteiger partial charge in [-0.1, -0.05) is 72.4 Å². The van der Waals surface area contributed by atoms with E-state index in [-0.39, 0.29) is 22.5 Å². The number of methoxy groups -OCH3 is 1. The Kier molecular flexibility index (Phi) is 6.92. The van der Waals surface area contributed by atoms with Crippen LogP contribution in [0.5, 0.6) is 5.75 Å². The van der Waals surface area contributed by atoms with Gasteiger partial charge in [0.05, 0.1) is 18.9 Å². The number of aliphatic hydroxyl groups is 1. The molecular weight excluding hydrogens is 420 g/mol. The molecule has 0 spiro atoms. The second kappa shape index (κ2) is 10.2. The molecule has 5 nitrogen and oxygen atoms in total. The minimum absolute atomic E-state index is 0.0612. The van der Waals surface area contributed by atoms with Crippen LogP contribution in [-0.2, 0) is 17.8 Å². The van der Waals surface area contributed by atoms with E-state index < -0.39 is 0 Å². The van der Waals surface area contributed by atoms with Crippen molar-refractivity contribution in [2.45, 2.75) is 18.2 Å². The average molecular weight is 445 g/mol. The number of hydrogen-bond donors (Lipinski definition) is 2. The van der Waals surface area contributed by atoms with E-state index in [1.807, 2.05) is 84.9 Å². The van der Waals surface area contributed by atoms with Gasteiger partial charge in [-0.25, -0.2) is 0 Å². The number of thioether (sulfide) groups is 1. The predicted octanol–water partition coefficient (Wildman–Crippen LogP) is 5.40. The van der Waals surface area contributed by atoms with E-state index in [4.69, 9.17) is 4.74 Å². The highest BCUT2D eigenvalue weighted by molar-refractivity contribution is 8.15. The molecule has 0 aromatic heterocycles. The Morgan fingerprint density at radius 2 is 1.62 bits per heavy atom. The second-order valence-electron chi connectivity index (χ2n) is 7.35. The average Bonchev–Trinajstić information content (AvgIpc) is 3.14. The van der Waals surface area contributed by atoms with Gasteiger partial charge in [-0.2, -0.15) is 0 Å². The summed E-state index contributed by atoms with van der Waals surface area (Å²) in [7, 11) is 1.63. The number of hydrogen-bond acceptors (Lipinski definition) is 5. The van der Waals surface area contributed by atoms with Crippen LogP contribution in [0.2, 0.25) is 0 Å².